The van der Waals surface area contributed by atoms with E-state index in [1.165, 1.54) is 12.3 Å². The maximum absolute atomic E-state index is 13.1. The number of nitrogens with zero attached hydrogens (tertiary/aromatic N) is 1. The second-order valence-corrected chi connectivity index (χ2v) is 4.96. The van der Waals surface area contributed by atoms with E-state index in [9.17, 15) is 13.2 Å². The third-order valence-corrected chi connectivity index (χ3v) is 3.55. The third-order valence-electron chi connectivity index (χ3n) is 3.55. The number of nitrogens with two attached hydrogens (primary N) is 1. The summed E-state index contributed by atoms with van der Waals surface area (Å²) in [5.41, 5.74) is 7.34. The Morgan fingerprint density at radius 1 is 1.00 bits per heavy atom. The number of hydrogen-bond donors (Lipinski definition) is 1. The van der Waals surface area contributed by atoms with Gasteiger partial charge in [-0.1, -0.05) is 30.3 Å². The number of hydrogen-bond acceptors (Lipinski definition) is 2. The fraction of sp³-hybridized carbons (Fsp3) is 0.118. The second-order valence-electron chi connectivity index (χ2n) is 4.96. The first kappa shape index (κ1) is 14.5. The smallest absolute Gasteiger partial charge is 0.326 e. The third kappa shape index (κ3) is 2.55. The number of benzene rings is 2. The topological polar surface area (TPSA) is 38.9 Å². The molecular formula is C17H13F3N2. The minimum absolute atomic E-state index is 0.0364. The Morgan fingerprint density at radius 2 is 1.77 bits per heavy atom. The number of aromatic nitrogens is 1. The van der Waals surface area contributed by atoms with E-state index in [1.54, 1.807) is 12.1 Å². The van der Waals surface area contributed by atoms with Gasteiger partial charge >= 0.3 is 6.18 Å². The molecule has 0 spiro atoms. The van der Waals surface area contributed by atoms with Crippen LogP contribution in [0.2, 0.25) is 0 Å². The average molecular weight is 302 g/mol. The number of halogens is 3. The highest BCUT2D eigenvalue weighted by Gasteiger charge is 2.33. The molecule has 0 unspecified atom stereocenters. The normalized spacial score (nSPS) is 11.8. The molecule has 0 aliphatic rings. The van der Waals surface area contributed by atoms with Crippen LogP contribution in [0.4, 0.5) is 13.2 Å². The zero-order valence-corrected chi connectivity index (χ0v) is 11.6. The van der Waals surface area contributed by atoms with Crippen molar-refractivity contribution >= 4 is 10.9 Å². The number of fused-ring (bicyclic) bond motifs is 1. The van der Waals surface area contributed by atoms with Gasteiger partial charge in [0.25, 0.3) is 0 Å². The molecule has 1 aromatic heterocycles. The van der Waals surface area contributed by atoms with Crippen LogP contribution in [0.3, 0.4) is 0 Å². The van der Waals surface area contributed by atoms with Gasteiger partial charge in [0.05, 0.1) is 11.1 Å². The quantitative estimate of drug-likeness (QED) is 0.763. The molecule has 2 nitrogen and oxygen atoms in total. The summed E-state index contributed by atoms with van der Waals surface area (Å²) in [6.45, 7) is 0.380. The second kappa shape index (κ2) is 5.42. The summed E-state index contributed by atoms with van der Waals surface area (Å²) in [6, 6.07) is 13.3. The van der Waals surface area contributed by atoms with Gasteiger partial charge < -0.3 is 5.73 Å². The summed E-state index contributed by atoms with van der Waals surface area (Å²) in [5, 5.41) is 0.478. The van der Waals surface area contributed by atoms with Crippen LogP contribution in [0.25, 0.3) is 22.0 Å². The van der Waals surface area contributed by atoms with Gasteiger partial charge in [-0.3, -0.25) is 4.98 Å². The van der Waals surface area contributed by atoms with Crippen LogP contribution >= 0.6 is 0 Å². The first-order chi connectivity index (χ1) is 10.5. The molecule has 1 heterocycles. The maximum atomic E-state index is 13.1. The number of pyridine rings is 1. The van der Waals surface area contributed by atoms with E-state index in [4.69, 9.17) is 5.73 Å². The van der Waals surface area contributed by atoms with E-state index in [0.29, 0.717) is 17.5 Å². The molecule has 0 amide bonds. The minimum atomic E-state index is -4.43. The average Bonchev–Trinajstić information content (AvgIpc) is 2.53. The van der Waals surface area contributed by atoms with Gasteiger partial charge in [0, 0.05) is 18.1 Å². The molecule has 112 valence electrons. The van der Waals surface area contributed by atoms with Crippen LogP contribution in [0.5, 0.6) is 0 Å². The molecule has 22 heavy (non-hydrogen) atoms. The Hall–Kier alpha value is -2.40. The van der Waals surface area contributed by atoms with E-state index < -0.39 is 11.7 Å². The molecule has 0 aliphatic heterocycles. The maximum Gasteiger partial charge on any atom is 0.418 e. The van der Waals surface area contributed by atoms with Crippen molar-refractivity contribution in [2.45, 2.75) is 12.7 Å². The van der Waals surface area contributed by atoms with Gasteiger partial charge in [0.2, 0.25) is 0 Å². The highest BCUT2D eigenvalue weighted by atomic mass is 19.4. The highest BCUT2D eigenvalue weighted by Crippen LogP contribution is 2.36. The van der Waals surface area contributed by atoms with Crippen molar-refractivity contribution in [3.63, 3.8) is 0 Å². The van der Waals surface area contributed by atoms with Crippen LogP contribution < -0.4 is 5.73 Å². The largest absolute Gasteiger partial charge is 0.418 e. The van der Waals surface area contributed by atoms with Crippen LogP contribution in [0.1, 0.15) is 11.1 Å². The summed E-state index contributed by atoms with van der Waals surface area (Å²) >= 11 is 0. The number of alkyl halides is 3. The molecule has 5 heteroatoms. The Labute approximate surface area is 125 Å². The molecule has 0 fully saturated rings. The van der Waals surface area contributed by atoms with Crippen molar-refractivity contribution < 1.29 is 13.2 Å². The van der Waals surface area contributed by atoms with Crippen molar-refractivity contribution in [3.05, 3.63) is 65.9 Å². The Morgan fingerprint density at radius 3 is 2.50 bits per heavy atom. The van der Waals surface area contributed by atoms with Gasteiger partial charge in [-0.25, -0.2) is 0 Å². The Bertz CT molecular complexity index is 825. The summed E-state index contributed by atoms with van der Waals surface area (Å²) in [6.07, 6.45) is -3.02. The minimum Gasteiger partial charge on any atom is -0.326 e. The highest BCUT2D eigenvalue weighted by molar-refractivity contribution is 5.96. The Balaban J connectivity index is 2.27. The van der Waals surface area contributed by atoms with E-state index in [-0.39, 0.29) is 5.52 Å². The lowest BCUT2D eigenvalue weighted by molar-refractivity contribution is -0.136. The van der Waals surface area contributed by atoms with E-state index in [0.717, 1.165) is 17.2 Å². The molecule has 0 saturated carbocycles. The molecule has 0 saturated heterocycles. The fourth-order valence-corrected chi connectivity index (χ4v) is 2.52. The molecule has 2 aromatic carbocycles. The van der Waals surface area contributed by atoms with E-state index in [2.05, 4.69) is 4.98 Å². The van der Waals surface area contributed by atoms with Crippen LogP contribution in [0.15, 0.2) is 54.7 Å². The molecule has 0 radical (unpaired) electrons. The lowest BCUT2D eigenvalue weighted by Gasteiger charge is -2.12. The van der Waals surface area contributed by atoms with Crippen LogP contribution in [-0.4, -0.2) is 4.98 Å². The van der Waals surface area contributed by atoms with Gasteiger partial charge in [0.1, 0.15) is 0 Å². The summed E-state index contributed by atoms with van der Waals surface area (Å²) in [7, 11) is 0. The molecular weight excluding hydrogens is 289 g/mol. The summed E-state index contributed by atoms with van der Waals surface area (Å²) < 4.78 is 39.3. The van der Waals surface area contributed by atoms with Crippen molar-refractivity contribution in [2.24, 2.45) is 5.73 Å². The Kier molecular flexibility index (Phi) is 3.58. The number of rotatable bonds is 2. The van der Waals surface area contributed by atoms with Crippen molar-refractivity contribution in [1.29, 1.82) is 0 Å². The van der Waals surface area contributed by atoms with Gasteiger partial charge in [-0.05, 0) is 34.9 Å². The van der Waals surface area contributed by atoms with E-state index >= 15 is 0 Å². The van der Waals surface area contributed by atoms with Crippen molar-refractivity contribution in [3.8, 4) is 11.1 Å². The zero-order valence-electron chi connectivity index (χ0n) is 11.6. The summed E-state index contributed by atoms with van der Waals surface area (Å²) in [5.74, 6) is 0. The van der Waals surface area contributed by atoms with Gasteiger partial charge in [-0.15, -0.1) is 0 Å². The van der Waals surface area contributed by atoms with Crippen LogP contribution in [-0.2, 0) is 12.7 Å². The first-order valence-corrected chi connectivity index (χ1v) is 6.75. The molecule has 3 rings (SSSR count). The standard InChI is InChI=1S/C17H13F3N2/c18-17(19,20)15-6-2-5-14-13(7-8-22-16(14)15)12-4-1-3-11(9-12)10-21/h1-9H,10,21H2. The van der Waals surface area contributed by atoms with Gasteiger partial charge in [-0.2, -0.15) is 13.2 Å². The van der Waals surface area contributed by atoms with Crippen LogP contribution in [0, 0.1) is 0 Å². The summed E-state index contributed by atoms with van der Waals surface area (Å²) in [4.78, 5) is 3.93. The predicted octanol–water partition coefficient (Wildman–Crippen LogP) is 4.38. The van der Waals surface area contributed by atoms with E-state index in [1.807, 2.05) is 24.3 Å². The molecule has 0 bridgehead atoms. The fourth-order valence-electron chi connectivity index (χ4n) is 2.52. The SMILES string of the molecule is NCc1cccc(-c2ccnc3c(C(F)(F)F)cccc23)c1. The zero-order chi connectivity index (χ0) is 15.7. The molecule has 0 aliphatic carbocycles. The molecule has 3 aromatic rings. The van der Waals surface area contributed by atoms with Crippen molar-refractivity contribution in [1.82, 2.24) is 4.98 Å². The number of para-hydroxylation sites is 1. The molecule has 0 atom stereocenters. The predicted molar refractivity (Wildman–Crippen MR) is 80.1 cm³/mol. The lowest BCUT2D eigenvalue weighted by Crippen LogP contribution is -2.06. The first-order valence-electron chi connectivity index (χ1n) is 6.75. The monoisotopic (exact) mass is 302 g/mol. The molecule has 2 N–H and O–H groups in total. The lowest BCUT2D eigenvalue weighted by atomic mass is 9.98. The van der Waals surface area contributed by atoms with Gasteiger partial charge in [0.15, 0.2) is 0 Å². The van der Waals surface area contributed by atoms with Crippen molar-refractivity contribution in [2.75, 3.05) is 0 Å².